The van der Waals surface area contributed by atoms with Crippen molar-refractivity contribution in [3.63, 3.8) is 0 Å². The summed E-state index contributed by atoms with van der Waals surface area (Å²) in [6.45, 7) is 10.4. The number of ether oxygens (including phenoxy) is 1. The summed E-state index contributed by atoms with van der Waals surface area (Å²) in [6, 6.07) is 8.73. The molecule has 1 aliphatic heterocycles. The lowest BCUT2D eigenvalue weighted by molar-refractivity contribution is 0.117. The van der Waals surface area contributed by atoms with Gasteiger partial charge in [0.05, 0.1) is 6.61 Å². The van der Waals surface area contributed by atoms with Gasteiger partial charge in [0.2, 0.25) is 0 Å². The smallest absolute Gasteiger partial charge is 0.119 e. The van der Waals surface area contributed by atoms with E-state index in [1.807, 2.05) is 13.0 Å². The third-order valence-electron chi connectivity index (χ3n) is 4.73. The molecule has 2 rings (SSSR count). The van der Waals surface area contributed by atoms with Crippen LogP contribution in [0.15, 0.2) is 24.3 Å². The Hall–Kier alpha value is -1.06. The van der Waals surface area contributed by atoms with E-state index in [0.717, 1.165) is 30.7 Å². The zero-order valence-electron chi connectivity index (χ0n) is 13.7. The lowest BCUT2D eigenvalue weighted by atomic mass is 9.86. The molecule has 0 bridgehead atoms. The molecule has 1 aromatic rings. The summed E-state index contributed by atoms with van der Waals surface area (Å²) in [4.78, 5) is 2.55. The van der Waals surface area contributed by atoms with E-state index in [0.29, 0.717) is 19.2 Å². The van der Waals surface area contributed by atoms with Gasteiger partial charge >= 0.3 is 0 Å². The minimum absolute atomic E-state index is 0.318. The molecular weight excluding hydrogens is 260 g/mol. The second-order valence-corrected chi connectivity index (χ2v) is 6.37. The Morgan fingerprint density at radius 3 is 2.57 bits per heavy atom. The van der Waals surface area contributed by atoms with Crippen LogP contribution in [0, 0.1) is 11.8 Å². The van der Waals surface area contributed by atoms with Gasteiger partial charge in [-0.3, -0.25) is 4.90 Å². The van der Waals surface area contributed by atoms with Gasteiger partial charge in [0.15, 0.2) is 0 Å². The molecule has 1 heterocycles. The molecular formula is C18H30N2O. The van der Waals surface area contributed by atoms with Crippen LogP contribution in [0.3, 0.4) is 0 Å². The average Bonchev–Trinajstić information content (AvgIpc) is 2.49. The molecule has 0 aliphatic carbocycles. The molecule has 1 saturated heterocycles. The number of likely N-dealkylation sites (tertiary alicyclic amines) is 1. The summed E-state index contributed by atoms with van der Waals surface area (Å²) in [5.41, 5.74) is 7.36. The monoisotopic (exact) mass is 290 g/mol. The standard InChI is InChI=1S/C18H30N2O/c1-4-21-17-7-5-6-16(12-17)18(13-19)20-10-8-15(9-11-20)14(2)3/h5-7,12,14-15,18H,4,8-11,13,19H2,1-3H3. The third-order valence-corrected chi connectivity index (χ3v) is 4.73. The van der Waals surface area contributed by atoms with Crippen molar-refractivity contribution in [2.45, 2.75) is 39.7 Å². The van der Waals surface area contributed by atoms with Crippen molar-refractivity contribution < 1.29 is 4.74 Å². The summed E-state index contributed by atoms with van der Waals surface area (Å²) in [7, 11) is 0. The molecule has 0 amide bonds. The first-order valence-corrected chi connectivity index (χ1v) is 8.32. The first-order valence-electron chi connectivity index (χ1n) is 8.32. The lowest BCUT2D eigenvalue weighted by Gasteiger charge is -2.38. The van der Waals surface area contributed by atoms with Crippen LogP contribution in [0.1, 0.15) is 45.2 Å². The van der Waals surface area contributed by atoms with Gasteiger partial charge in [0, 0.05) is 12.6 Å². The average molecular weight is 290 g/mol. The Morgan fingerprint density at radius 1 is 1.29 bits per heavy atom. The van der Waals surface area contributed by atoms with Crippen LogP contribution in [0.5, 0.6) is 5.75 Å². The zero-order valence-corrected chi connectivity index (χ0v) is 13.7. The van der Waals surface area contributed by atoms with Gasteiger partial charge in [-0.2, -0.15) is 0 Å². The van der Waals surface area contributed by atoms with E-state index in [2.05, 4.69) is 36.9 Å². The van der Waals surface area contributed by atoms with Crippen LogP contribution in [0.4, 0.5) is 0 Å². The van der Waals surface area contributed by atoms with Crippen LogP contribution in [0.25, 0.3) is 0 Å². The molecule has 3 nitrogen and oxygen atoms in total. The summed E-state index contributed by atoms with van der Waals surface area (Å²) in [5.74, 6) is 2.62. The van der Waals surface area contributed by atoms with E-state index in [1.165, 1.54) is 18.4 Å². The van der Waals surface area contributed by atoms with E-state index in [-0.39, 0.29) is 0 Å². The van der Waals surface area contributed by atoms with Crippen molar-refractivity contribution in [3.8, 4) is 5.75 Å². The molecule has 0 spiro atoms. The Balaban J connectivity index is 2.04. The topological polar surface area (TPSA) is 38.5 Å². The largest absolute Gasteiger partial charge is 0.494 e. The summed E-state index contributed by atoms with van der Waals surface area (Å²) < 4.78 is 5.62. The predicted molar refractivity (Wildman–Crippen MR) is 88.5 cm³/mol. The number of benzene rings is 1. The number of hydrogen-bond donors (Lipinski definition) is 1. The third kappa shape index (κ3) is 4.21. The highest BCUT2D eigenvalue weighted by molar-refractivity contribution is 5.31. The van der Waals surface area contributed by atoms with Crippen molar-refractivity contribution in [2.75, 3.05) is 26.2 Å². The number of nitrogens with zero attached hydrogens (tertiary/aromatic N) is 1. The SMILES string of the molecule is CCOc1cccc(C(CN)N2CCC(C(C)C)CC2)c1. The Labute approximate surface area is 129 Å². The van der Waals surface area contributed by atoms with E-state index in [4.69, 9.17) is 10.5 Å². The number of rotatable bonds is 6. The number of hydrogen-bond acceptors (Lipinski definition) is 3. The maximum atomic E-state index is 6.07. The second-order valence-electron chi connectivity index (χ2n) is 6.37. The molecule has 21 heavy (non-hydrogen) atoms. The quantitative estimate of drug-likeness (QED) is 0.872. The van der Waals surface area contributed by atoms with Gasteiger partial charge in [-0.25, -0.2) is 0 Å². The second kappa shape index (κ2) is 7.81. The zero-order chi connectivity index (χ0) is 15.2. The molecule has 1 aromatic carbocycles. The molecule has 118 valence electrons. The van der Waals surface area contributed by atoms with E-state index in [9.17, 15) is 0 Å². The molecule has 1 aliphatic rings. The Kier molecular flexibility index (Phi) is 6.07. The summed E-state index contributed by atoms with van der Waals surface area (Å²) in [6.07, 6.45) is 2.58. The Bertz CT molecular complexity index is 425. The van der Waals surface area contributed by atoms with E-state index in [1.54, 1.807) is 0 Å². The number of nitrogens with two attached hydrogens (primary N) is 1. The lowest BCUT2D eigenvalue weighted by Crippen LogP contribution is -2.40. The van der Waals surface area contributed by atoms with Crippen LogP contribution in [-0.2, 0) is 0 Å². The molecule has 0 aromatic heterocycles. The van der Waals surface area contributed by atoms with Gasteiger partial charge in [-0.15, -0.1) is 0 Å². The van der Waals surface area contributed by atoms with Gasteiger partial charge in [0.25, 0.3) is 0 Å². The van der Waals surface area contributed by atoms with Crippen molar-refractivity contribution in [3.05, 3.63) is 29.8 Å². The van der Waals surface area contributed by atoms with Crippen LogP contribution >= 0.6 is 0 Å². The van der Waals surface area contributed by atoms with Gasteiger partial charge < -0.3 is 10.5 Å². The van der Waals surface area contributed by atoms with Gasteiger partial charge in [0.1, 0.15) is 5.75 Å². The van der Waals surface area contributed by atoms with Crippen LogP contribution < -0.4 is 10.5 Å². The first kappa shape index (κ1) is 16.3. The normalized spacial score (nSPS) is 18.9. The van der Waals surface area contributed by atoms with Gasteiger partial charge in [-0.05, 0) is 62.4 Å². The maximum absolute atomic E-state index is 6.07. The fourth-order valence-electron chi connectivity index (χ4n) is 3.37. The minimum atomic E-state index is 0.318. The molecule has 3 heteroatoms. The molecule has 0 saturated carbocycles. The molecule has 1 atom stereocenters. The fourth-order valence-corrected chi connectivity index (χ4v) is 3.37. The first-order chi connectivity index (χ1) is 10.2. The van der Waals surface area contributed by atoms with E-state index < -0.39 is 0 Å². The highest BCUT2D eigenvalue weighted by Crippen LogP contribution is 2.30. The van der Waals surface area contributed by atoms with Crippen molar-refractivity contribution in [2.24, 2.45) is 17.6 Å². The van der Waals surface area contributed by atoms with Crippen molar-refractivity contribution >= 4 is 0 Å². The highest BCUT2D eigenvalue weighted by atomic mass is 16.5. The Morgan fingerprint density at radius 2 is 2.00 bits per heavy atom. The summed E-state index contributed by atoms with van der Waals surface area (Å²) in [5, 5.41) is 0. The molecule has 1 fully saturated rings. The maximum Gasteiger partial charge on any atom is 0.119 e. The number of piperidine rings is 1. The van der Waals surface area contributed by atoms with Crippen LogP contribution in [-0.4, -0.2) is 31.1 Å². The van der Waals surface area contributed by atoms with Crippen molar-refractivity contribution in [1.29, 1.82) is 0 Å². The molecule has 0 radical (unpaired) electrons. The van der Waals surface area contributed by atoms with Crippen molar-refractivity contribution in [1.82, 2.24) is 4.90 Å². The summed E-state index contributed by atoms with van der Waals surface area (Å²) >= 11 is 0. The molecule has 2 N–H and O–H groups in total. The fraction of sp³-hybridized carbons (Fsp3) is 0.667. The minimum Gasteiger partial charge on any atom is -0.494 e. The van der Waals surface area contributed by atoms with E-state index >= 15 is 0 Å². The van der Waals surface area contributed by atoms with Crippen LogP contribution in [0.2, 0.25) is 0 Å². The van der Waals surface area contributed by atoms with Gasteiger partial charge in [-0.1, -0.05) is 26.0 Å². The highest BCUT2D eigenvalue weighted by Gasteiger charge is 2.26. The molecule has 1 unspecified atom stereocenters. The predicted octanol–water partition coefficient (Wildman–Crippen LogP) is 3.45.